The molecule has 1 heterocycles. The van der Waals surface area contributed by atoms with Crippen molar-refractivity contribution in [1.82, 2.24) is 15.5 Å². The average molecular weight is 432 g/mol. The van der Waals surface area contributed by atoms with Gasteiger partial charge in [0.1, 0.15) is 12.4 Å². The summed E-state index contributed by atoms with van der Waals surface area (Å²) in [6.07, 6.45) is 8.15. The average Bonchev–Trinajstić information content (AvgIpc) is 2.73. The highest BCUT2D eigenvalue weighted by Gasteiger charge is 2.50. The van der Waals surface area contributed by atoms with E-state index >= 15 is 0 Å². The second kappa shape index (κ2) is 8.68. The smallest absolute Gasteiger partial charge is 0.252 e. The van der Waals surface area contributed by atoms with E-state index in [2.05, 4.69) is 15.5 Å². The molecule has 4 aliphatic carbocycles. The molecule has 0 atom stereocenters. The molecule has 6 rings (SSSR count). The Bertz CT molecular complexity index is 742. The van der Waals surface area contributed by atoms with E-state index in [1.165, 1.54) is 38.5 Å². The minimum absolute atomic E-state index is 0.0664. The van der Waals surface area contributed by atoms with Crippen LogP contribution in [0, 0.1) is 23.2 Å². The minimum Gasteiger partial charge on any atom is -0.492 e. The molecule has 1 amide bonds. The number of amides is 1. The molecule has 5 aliphatic rings. The lowest BCUT2D eigenvalue weighted by atomic mass is 9.49. The van der Waals surface area contributed by atoms with Gasteiger partial charge in [-0.15, -0.1) is 0 Å². The standard InChI is InChI=1S/C24H34ClN3O2/c25-22-2-1-20(30-8-7-28-5-3-26-4-6-28)12-21(22)23(29)27-16-24-13-17-9-18(14-24)11-19(10-17)15-24/h1-2,12,17-19,26H,3-11,13-16H2,(H,27,29). The summed E-state index contributed by atoms with van der Waals surface area (Å²) in [7, 11) is 0. The van der Waals surface area contributed by atoms with Crippen molar-refractivity contribution in [3.63, 3.8) is 0 Å². The number of rotatable bonds is 7. The lowest BCUT2D eigenvalue weighted by Crippen LogP contribution is -2.51. The van der Waals surface area contributed by atoms with Crippen LogP contribution in [0.2, 0.25) is 5.02 Å². The molecule has 4 bridgehead atoms. The summed E-state index contributed by atoms with van der Waals surface area (Å²) >= 11 is 6.37. The molecule has 1 aromatic carbocycles. The van der Waals surface area contributed by atoms with Gasteiger partial charge in [-0.2, -0.15) is 0 Å². The monoisotopic (exact) mass is 431 g/mol. The Hall–Kier alpha value is -1.30. The first-order chi connectivity index (χ1) is 14.6. The fraction of sp³-hybridized carbons (Fsp3) is 0.708. The van der Waals surface area contributed by atoms with E-state index in [4.69, 9.17) is 16.3 Å². The van der Waals surface area contributed by atoms with Crippen LogP contribution in [0.5, 0.6) is 5.75 Å². The molecule has 30 heavy (non-hydrogen) atoms. The van der Waals surface area contributed by atoms with E-state index in [-0.39, 0.29) is 5.91 Å². The molecule has 164 valence electrons. The Kier molecular flexibility index (Phi) is 5.96. The van der Waals surface area contributed by atoms with Crippen molar-refractivity contribution in [1.29, 1.82) is 0 Å². The van der Waals surface area contributed by atoms with Gasteiger partial charge in [-0.1, -0.05) is 11.6 Å². The van der Waals surface area contributed by atoms with Crippen LogP contribution < -0.4 is 15.4 Å². The first kappa shape index (κ1) is 20.6. The number of piperazine rings is 1. The zero-order valence-electron chi connectivity index (χ0n) is 17.8. The van der Waals surface area contributed by atoms with Crippen molar-refractivity contribution in [2.24, 2.45) is 23.2 Å². The summed E-state index contributed by atoms with van der Waals surface area (Å²) in [4.78, 5) is 15.4. The summed E-state index contributed by atoms with van der Waals surface area (Å²) in [5, 5.41) is 7.09. The van der Waals surface area contributed by atoms with Gasteiger partial charge in [0.05, 0.1) is 10.6 Å². The van der Waals surface area contributed by atoms with Gasteiger partial charge in [0, 0.05) is 39.3 Å². The van der Waals surface area contributed by atoms with Crippen molar-refractivity contribution >= 4 is 17.5 Å². The molecule has 1 aliphatic heterocycles. The summed E-state index contributed by atoms with van der Waals surface area (Å²) < 4.78 is 5.93. The zero-order valence-corrected chi connectivity index (χ0v) is 18.6. The molecule has 0 radical (unpaired) electrons. The Balaban J connectivity index is 1.16. The first-order valence-electron chi connectivity index (χ1n) is 11.7. The van der Waals surface area contributed by atoms with Crippen LogP contribution in [0.25, 0.3) is 0 Å². The third kappa shape index (κ3) is 4.49. The van der Waals surface area contributed by atoms with Crippen LogP contribution >= 0.6 is 11.6 Å². The number of hydrogen-bond acceptors (Lipinski definition) is 4. The highest BCUT2D eigenvalue weighted by atomic mass is 35.5. The van der Waals surface area contributed by atoms with Gasteiger partial charge in [0.2, 0.25) is 0 Å². The van der Waals surface area contributed by atoms with E-state index in [1.807, 2.05) is 6.07 Å². The quantitative estimate of drug-likeness (QED) is 0.693. The third-order valence-corrected chi connectivity index (χ3v) is 8.19. The molecule has 2 N–H and O–H groups in total. The van der Waals surface area contributed by atoms with Crippen LogP contribution in [0.3, 0.4) is 0 Å². The van der Waals surface area contributed by atoms with Crippen molar-refractivity contribution < 1.29 is 9.53 Å². The predicted octanol–water partition coefficient (Wildman–Crippen LogP) is 3.57. The fourth-order valence-corrected chi connectivity index (χ4v) is 7.07. The van der Waals surface area contributed by atoms with E-state index in [0.29, 0.717) is 22.6 Å². The number of halogens is 1. The van der Waals surface area contributed by atoms with Crippen LogP contribution in [-0.4, -0.2) is 56.7 Å². The van der Waals surface area contributed by atoms with Gasteiger partial charge in [0.25, 0.3) is 5.91 Å². The lowest BCUT2D eigenvalue weighted by Gasteiger charge is -2.56. The maximum absolute atomic E-state index is 13.0. The maximum atomic E-state index is 13.0. The second-order valence-corrected chi connectivity index (χ2v) is 10.6. The second-order valence-electron chi connectivity index (χ2n) is 10.2. The molecule has 6 heteroatoms. The SMILES string of the molecule is O=C(NCC12CC3CC(CC(C3)C1)C2)c1cc(OCCN2CCNCC2)ccc1Cl. The number of ether oxygens (including phenoxy) is 1. The molecule has 5 fully saturated rings. The topological polar surface area (TPSA) is 53.6 Å². The molecule has 4 saturated carbocycles. The van der Waals surface area contributed by atoms with Crippen molar-refractivity contribution in [2.45, 2.75) is 38.5 Å². The lowest BCUT2D eigenvalue weighted by molar-refractivity contribution is -0.0503. The maximum Gasteiger partial charge on any atom is 0.252 e. The van der Waals surface area contributed by atoms with Gasteiger partial charge in [-0.05, 0) is 79.9 Å². The minimum atomic E-state index is -0.0664. The number of nitrogens with one attached hydrogen (secondary N) is 2. The molecule has 5 nitrogen and oxygen atoms in total. The summed E-state index contributed by atoms with van der Waals surface area (Å²) in [6.45, 7) is 6.50. The van der Waals surface area contributed by atoms with Crippen LogP contribution in [-0.2, 0) is 0 Å². The summed E-state index contributed by atoms with van der Waals surface area (Å²) in [6, 6.07) is 5.44. The van der Waals surface area contributed by atoms with Gasteiger partial charge in [-0.25, -0.2) is 0 Å². The van der Waals surface area contributed by atoms with Gasteiger partial charge >= 0.3 is 0 Å². The van der Waals surface area contributed by atoms with Crippen molar-refractivity contribution in [2.75, 3.05) is 45.9 Å². The first-order valence-corrected chi connectivity index (χ1v) is 12.1. The largest absolute Gasteiger partial charge is 0.492 e. The van der Waals surface area contributed by atoms with E-state index in [9.17, 15) is 4.79 Å². The number of benzene rings is 1. The van der Waals surface area contributed by atoms with Crippen molar-refractivity contribution in [3.05, 3.63) is 28.8 Å². The van der Waals surface area contributed by atoms with E-state index < -0.39 is 0 Å². The van der Waals surface area contributed by atoms with E-state index in [0.717, 1.165) is 62.8 Å². The summed E-state index contributed by atoms with van der Waals surface area (Å²) in [5.74, 6) is 3.33. The third-order valence-electron chi connectivity index (χ3n) is 7.86. The molecule has 1 saturated heterocycles. The normalized spacial score (nSPS) is 32.9. The summed E-state index contributed by atoms with van der Waals surface area (Å²) in [5.41, 5.74) is 0.856. The fourth-order valence-electron chi connectivity index (χ4n) is 6.87. The van der Waals surface area contributed by atoms with Gasteiger partial charge in [0.15, 0.2) is 0 Å². The van der Waals surface area contributed by atoms with E-state index in [1.54, 1.807) is 12.1 Å². The van der Waals surface area contributed by atoms with Crippen LogP contribution in [0.4, 0.5) is 0 Å². The number of nitrogens with zero attached hydrogens (tertiary/aromatic N) is 1. The zero-order chi connectivity index (χ0) is 20.6. The highest BCUT2D eigenvalue weighted by molar-refractivity contribution is 6.33. The van der Waals surface area contributed by atoms with Crippen molar-refractivity contribution in [3.8, 4) is 5.75 Å². The molecule has 0 aromatic heterocycles. The highest BCUT2D eigenvalue weighted by Crippen LogP contribution is 2.59. The number of hydrogen-bond donors (Lipinski definition) is 2. The number of carbonyl (C=O) groups excluding carboxylic acids is 1. The van der Waals surface area contributed by atoms with Gasteiger partial charge in [-0.3, -0.25) is 9.69 Å². The predicted molar refractivity (Wildman–Crippen MR) is 119 cm³/mol. The molecule has 0 spiro atoms. The Morgan fingerprint density at radius 2 is 1.80 bits per heavy atom. The van der Waals surface area contributed by atoms with Crippen LogP contribution in [0.1, 0.15) is 48.9 Å². The molecular formula is C24H34ClN3O2. The molecule has 1 aromatic rings. The Morgan fingerprint density at radius 1 is 1.13 bits per heavy atom. The molecule has 0 unspecified atom stereocenters. The van der Waals surface area contributed by atoms with Crippen LogP contribution in [0.15, 0.2) is 18.2 Å². The van der Waals surface area contributed by atoms with Gasteiger partial charge < -0.3 is 15.4 Å². The Morgan fingerprint density at radius 3 is 2.47 bits per heavy atom. The Labute approximate surface area is 184 Å². The number of carbonyl (C=O) groups is 1. The molecular weight excluding hydrogens is 398 g/mol.